The molecule has 3 nitrogen and oxygen atoms in total. The smallest absolute Gasteiger partial charge is 0.398 e. The van der Waals surface area contributed by atoms with Crippen molar-refractivity contribution in [3.63, 3.8) is 0 Å². The predicted octanol–water partition coefficient (Wildman–Crippen LogP) is 3.93. The maximum atomic E-state index is 12.8. The van der Waals surface area contributed by atoms with Gasteiger partial charge in [0.05, 0.1) is 9.60 Å². The minimum Gasteiger partial charge on any atom is -0.398 e. The van der Waals surface area contributed by atoms with Crippen LogP contribution in [-0.4, -0.2) is 13.9 Å². The van der Waals surface area contributed by atoms with Crippen LogP contribution in [0.3, 0.4) is 0 Å². The number of hydrogen-bond acceptors (Lipinski definition) is 4. The number of nitrogens with two attached hydrogens (primary N) is 1. The monoisotopic (exact) mass is 331 g/mol. The highest BCUT2D eigenvalue weighted by Gasteiger charge is 2.48. The number of alkyl halides is 3. The maximum Gasteiger partial charge on any atom is 0.501 e. The van der Waals surface area contributed by atoms with E-state index in [1.54, 1.807) is 24.3 Å². The molecule has 0 unspecified atom stereocenters. The summed E-state index contributed by atoms with van der Waals surface area (Å²) in [5.41, 5.74) is 0.731. The van der Waals surface area contributed by atoms with Gasteiger partial charge in [-0.25, -0.2) is 8.42 Å². The van der Waals surface area contributed by atoms with Crippen molar-refractivity contribution in [1.29, 1.82) is 0 Å². The van der Waals surface area contributed by atoms with Crippen LogP contribution in [0.15, 0.2) is 41.3 Å². The summed E-state index contributed by atoms with van der Waals surface area (Å²) in [6.45, 7) is 0. The highest BCUT2D eigenvalue weighted by molar-refractivity contribution is 7.92. The Morgan fingerprint density at radius 2 is 1.71 bits per heavy atom. The molecule has 3 aromatic rings. The Morgan fingerprint density at radius 3 is 2.38 bits per heavy atom. The van der Waals surface area contributed by atoms with E-state index in [4.69, 9.17) is 5.73 Å². The normalized spacial score (nSPS) is 13.1. The van der Waals surface area contributed by atoms with Crippen molar-refractivity contribution in [3.8, 4) is 0 Å². The van der Waals surface area contributed by atoms with Crippen molar-refractivity contribution in [3.05, 3.63) is 36.4 Å². The molecule has 0 aliphatic heterocycles. The van der Waals surface area contributed by atoms with E-state index in [-0.39, 0.29) is 10.4 Å². The van der Waals surface area contributed by atoms with Crippen LogP contribution in [0.1, 0.15) is 0 Å². The van der Waals surface area contributed by atoms with Gasteiger partial charge in [-0.1, -0.05) is 18.2 Å². The summed E-state index contributed by atoms with van der Waals surface area (Å²) in [6.07, 6.45) is 0. The maximum absolute atomic E-state index is 12.8. The SMILES string of the molecule is Nc1ccc(S(=O)(=O)C(F)(F)F)c2sc3ccccc3c12. The summed E-state index contributed by atoms with van der Waals surface area (Å²) < 4.78 is 62.5. The van der Waals surface area contributed by atoms with Crippen molar-refractivity contribution in [1.82, 2.24) is 0 Å². The zero-order valence-electron chi connectivity index (χ0n) is 10.3. The van der Waals surface area contributed by atoms with E-state index in [2.05, 4.69) is 0 Å². The number of thiophene rings is 1. The minimum absolute atomic E-state index is 0.0357. The molecular weight excluding hydrogens is 323 g/mol. The molecule has 0 spiro atoms. The summed E-state index contributed by atoms with van der Waals surface area (Å²) in [6, 6.07) is 8.97. The first kappa shape index (κ1) is 14.2. The number of anilines is 1. The van der Waals surface area contributed by atoms with Crippen LogP contribution < -0.4 is 5.73 Å². The molecule has 0 bridgehead atoms. The molecule has 0 amide bonds. The standard InChI is InChI=1S/C13H8F3NO2S2/c14-13(15,16)21(18,19)10-6-5-8(17)11-7-3-1-2-4-9(7)20-12(10)11/h1-6H,17H2. The lowest BCUT2D eigenvalue weighted by molar-refractivity contribution is -0.0435. The lowest BCUT2D eigenvalue weighted by atomic mass is 10.1. The van der Waals surface area contributed by atoms with Crippen LogP contribution in [0.5, 0.6) is 0 Å². The van der Waals surface area contributed by atoms with Gasteiger partial charge in [-0.2, -0.15) is 13.2 Å². The van der Waals surface area contributed by atoms with E-state index in [1.165, 1.54) is 6.07 Å². The van der Waals surface area contributed by atoms with Crippen molar-refractivity contribution in [2.75, 3.05) is 5.73 Å². The van der Waals surface area contributed by atoms with Crippen LogP contribution in [0.4, 0.5) is 18.9 Å². The van der Waals surface area contributed by atoms with Crippen molar-refractivity contribution in [2.24, 2.45) is 0 Å². The first-order chi connectivity index (χ1) is 9.73. The van der Waals surface area contributed by atoms with E-state index >= 15 is 0 Å². The highest BCUT2D eigenvalue weighted by atomic mass is 32.2. The average molecular weight is 331 g/mol. The van der Waals surface area contributed by atoms with E-state index in [0.29, 0.717) is 15.5 Å². The number of fused-ring (bicyclic) bond motifs is 3. The molecule has 1 heterocycles. The van der Waals surface area contributed by atoms with Gasteiger partial charge >= 0.3 is 5.51 Å². The molecule has 0 saturated heterocycles. The lowest BCUT2D eigenvalue weighted by Gasteiger charge is -2.09. The number of rotatable bonds is 1. The fourth-order valence-electron chi connectivity index (χ4n) is 2.17. The quantitative estimate of drug-likeness (QED) is 0.687. The van der Waals surface area contributed by atoms with Gasteiger partial charge in [0.15, 0.2) is 0 Å². The number of sulfone groups is 1. The lowest BCUT2D eigenvalue weighted by Crippen LogP contribution is -2.23. The number of halogens is 3. The summed E-state index contributed by atoms with van der Waals surface area (Å²) in [5, 5.41) is 0.996. The third kappa shape index (κ3) is 1.97. The van der Waals surface area contributed by atoms with Crippen LogP contribution in [0.25, 0.3) is 20.2 Å². The van der Waals surface area contributed by atoms with E-state index in [9.17, 15) is 21.6 Å². The fraction of sp³-hybridized carbons (Fsp3) is 0.0769. The fourth-order valence-corrected chi connectivity index (χ4v) is 4.61. The Balaban J connectivity index is 2.50. The Hall–Kier alpha value is -1.80. The van der Waals surface area contributed by atoms with Gasteiger partial charge in [-0.3, -0.25) is 0 Å². The average Bonchev–Trinajstić information content (AvgIpc) is 2.77. The molecule has 0 saturated carbocycles. The van der Waals surface area contributed by atoms with Crippen LogP contribution in [0, 0.1) is 0 Å². The second kappa shape index (κ2) is 4.35. The van der Waals surface area contributed by atoms with Crippen LogP contribution in [0.2, 0.25) is 0 Å². The molecule has 3 rings (SSSR count). The third-order valence-corrected chi connectivity index (χ3v) is 5.98. The summed E-state index contributed by atoms with van der Waals surface area (Å²) in [4.78, 5) is -0.750. The van der Waals surface area contributed by atoms with E-state index < -0.39 is 20.2 Å². The van der Waals surface area contributed by atoms with E-state index in [1.807, 2.05) is 0 Å². The number of hydrogen-bond donors (Lipinski definition) is 1. The molecular formula is C13H8F3NO2S2. The zero-order chi connectivity index (χ0) is 15.4. The second-order valence-electron chi connectivity index (χ2n) is 4.40. The molecule has 0 fully saturated rings. The highest BCUT2D eigenvalue weighted by Crippen LogP contribution is 2.43. The molecule has 1 aromatic heterocycles. The molecule has 21 heavy (non-hydrogen) atoms. The molecule has 0 aliphatic rings. The topological polar surface area (TPSA) is 60.2 Å². The summed E-state index contributed by atoms with van der Waals surface area (Å²) in [7, 11) is -5.41. The van der Waals surface area contributed by atoms with Gasteiger partial charge in [0, 0.05) is 21.2 Å². The predicted molar refractivity (Wildman–Crippen MR) is 77.0 cm³/mol. The van der Waals surface area contributed by atoms with Crippen molar-refractivity contribution >= 4 is 47.0 Å². The van der Waals surface area contributed by atoms with Crippen molar-refractivity contribution < 1.29 is 21.6 Å². The van der Waals surface area contributed by atoms with Crippen molar-refractivity contribution in [2.45, 2.75) is 10.4 Å². The Bertz CT molecular complexity index is 959. The minimum atomic E-state index is -5.41. The Kier molecular flexibility index (Phi) is 2.93. The molecule has 0 aliphatic carbocycles. The van der Waals surface area contributed by atoms with Gasteiger partial charge in [0.25, 0.3) is 9.84 Å². The second-order valence-corrected chi connectivity index (χ2v) is 7.37. The summed E-state index contributed by atoms with van der Waals surface area (Å²) in [5.74, 6) is 0. The summed E-state index contributed by atoms with van der Waals surface area (Å²) >= 11 is 0.986. The zero-order valence-corrected chi connectivity index (χ0v) is 11.9. The third-order valence-electron chi connectivity index (χ3n) is 3.12. The molecule has 0 atom stereocenters. The Morgan fingerprint density at radius 1 is 1.05 bits per heavy atom. The van der Waals surface area contributed by atoms with Crippen LogP contribution >= 0.6 is 11.3 Å². The van der Waals surface area contributed by atoms with Gasteiger partial charge in [0.1, 0.15) is 0 Å². The largest absolute Gasteiger partial charge is 0.501 e. The number of nitrogen functional groups attached to an aromatic ring is 1. The molecule has 8 heteroatoms. The molecule has 110 valence electrons. The van der Waals surface area contributed by atoms with Gasteiger partial charge in [-0.05, 0) is 18.2 Å². The van der Waals surface area contributed by atoms with Crippen LogP contribution in [-0.2, 0) is 9.84 Å². The van der Waals surface area contributed by atoms with Gasteiger partial charge < -0.3 is 5.73 Å². The first-order valence-electron chi connectivity index (χ1n) is 5.74. The Labute approximate surface area is 121 Å². The van der Waals surface area contributed by atoms with E-state index in [0.717, 1.165) is 17.4 Å². The molecule has 2 N–H and O–H groups in total. The first-order valence-corrected chi connectivity index (χ1v) is 8.04. The molecule has 2 aromatic carbocycles. The van der Waals surface area contributed by atoms with Gasteiger partial charge in [0.2, 0.25) is 0 Å². The number of benzene rings is 2. The van der Waals surface area contributed by atoms with Gasteiger partial charge in [-0.15, -0.1) is 11.3 Å². The molecule has 0 radical (unpaired) electrons.